The van der Waals surface area contributed by atoms with Gasteiger partial charge in [0, 0.05) is 6.54 Å². The summed E-state index contributed by atoms with van der Waals surface area (Å²) in [5, 5.41) is 0. The first-order valence-corrected chi connectivity index (χ1v) is 4.76. The van der Waals surface area contributed by atoms with E-state index in [0.717, 1.165) is 12.8 Å². The molecule has 1 heterocycles. The molecular formula is C9H16N2O3. The topological polar surface area (TPSA) is 72.6 Å². The smallest absolute Gasteiger partial charge is 0.325 e. The predicted octanol–water partition coefficient (Wildman–Crippen LogP) is -0.501. The first-order valence-electron chi connectivity index (χ1n) is 4.76. The van der Waals surface area contributed by atoms with Crippen molar-refractivity contribution in [3.8, 4) is 0 Å². The summed E-state index contributed by atoms with van der Waals surface area (Å²) in [6.45, 7) is 0.616. The lowest BCUT2D eigenvalue weighted by Crippen LogP contribution is -2.44. The van der Waals surface area contributed by atoms with E-state index in [1.165, 1.54) is 12.0 Å². The van der Waals surface area contributed by atoms with E-state index in [1.807, 2.05) is 0 Å². The molecule has 5 nitrogen and oxygen atoms in total. The van der Waals surface area contributed by atoms with E-state index in [-0.39, 0.29) is 12.5 Å². The number of methoxy groups -OCH3 is 1. The van der Waals surface area contributed by atoms with Gasteiger partial charge in [-0.2, -0.15) is 0 Å². The number of nitrogens with two attached hydrogens (primary N) is 1. The summed E-state index contributed by atoms with van der Waals surface area (Å²) >= 11 is 0. The molecule has 0 spiro atoms. The first-order chi connectivity index (χ1) is 6.65. The largest absolute Gasteiger partial charge is 0.468 e. The van der Waals surface area contributed by atoms with Crippen LogP contribution in [0.3, 0.4) is 0 Å². The summed E-state index contributed by atoms with van der Waals surface area (Å²) in [6, 6.07) is -0.456. The number of carbonyl (C=O) groups is 2. The van der Waals surface area contributed by atoms with E-state index in [2.05, 4.69) is 4.74 Å². The molecule has 1 saturated heterocycles. The van der Waals surface area contributed by atoms with Crippen LogP contribution in [0.1, 0.15) is 19.3 Å². The molecule has 0 unspecified atom stereocenters. The van der Waals surface area contributed by atoms with Crippen LogP contribution in [-0.4, -0.2) is 43.0 Å². The molecule has 1 amide bonds. The van der Waals surface area contributed by atoms with E-state index < -0.39 is 12.0 Å². The van der Waals surface area contributed by atoms with Crippen LogP contribution in [0.5, 0.6) is 0 Å². The maximum absolute atomic E-state index is 11.6. The lowest BCUT2D eigenvalue weighted by atomic mass is 10.1. The SMILES string of the molecule is COC(=O)CN1CCCC[C@H](N)C1=O. The molecule has 14 heavy (non-hydrogen) atoms. The molecule has 0 aliphatic carbocycles. The van der Waals surface area contributed by atoms with Gasteiger partial charge in [-0.15, -0.1) is 0 Å². The minimum Gasteiger partial charge on any atom is -0.468 e. The van der Waals surface area contributed by atoms with Crippen LogP contribution >= 0.6 is 0 Å². The summed E-state index contributed by atoms with van der Waals surface area (Å²) < 4.78 is 4.50. The summed E-state index contributed by atoms with van der Waals surface area (Å²) in [6.07, 6.45) is 2.54. The third kappa shape index (κ3) is 2.70. The highest BCUT2D eigenvalue weighted by atomic mass is 16.5. The lowest BCUT2D eigenvalue weighted by Gasteiger charge is -2.20. The molecule has 0 saturated carbocycles. The average Bonchev–Trinajstić information content (AvgIpc) is 2.33. The van der Waals surface area contributed by atoms with Crippen molar-refractivity contribution < 1.29 is 14.3 Å². The Kier molecular flexibility index (Phi) is 3.88. The van der Waals surface area contributed by atoms with E-state index >= 15 is 0 Å². The van der Waals surface area contributed by atoms with Gasteiger partial charge < -0.3 is 15.4 Å². The highest BCUT2D eigenvalue weighted by Gasteiger charge is 2.25. The molecule has 1 rings (SSSR count). The molecule has 1 aliphatic heterocycles. The minimum absolute atomic E-state index is 0.0169. The van der Waals surface area contributed by atoms with Crippen LogP contribution in [0, 0.1) is 0 Å². The van der Waals surface area contributed by atoms with Gasteiger partial charge in [0.2, 0.25) is 5.91 Å². The zero-order chi connectivity index (χ0) is 10.6. The quantitative estimate of drug-likeness (QED) is 0.610. The lowest BCUT2D eigenvalue weighted by molar-refractivity contribution is -0.147. The van der Waals surface area contributed by atoms with Crippen LogP contribution in [-0.2, 0) is 14.3 Å². The predicted molar refractivity (Wildman–Crippen MR) is 50.4 cm³/mol. The number of rotatable bonds is 2. The van der Waals surface area contributed by atoms with Gasteiger partial charge in [-0.3, -0.25) is 9.59 Å². The maximum atomic E-state index is 11.6. The van der Waals surface area contributed by atoms with E-state index in [9.17, 15) is 9.59 Å². The van der Waals surface area contributed by atoms with Crippen molar-refractivity contribution >= 4 is 11.9 Å². The number of hydrogen-bond donors (Lipinski definition) is 1. The van der Waals surface area contributed by atoms with Gasteiger partial charge in [0.25, 0.3) is 0 Å². The standard InChI is InChI=1S/C9H16N2O3/c1-14-8(12)6-11-5-3-2-4-7(10)9(11)13/h7H,2-6,10H2,1H3/t7-/m0/s1. The molecule has 0 bridgehead atoms. The van der Waals surface area contributed by atoms with Gasteiger partial charge in [0.05, 0.1) is 13.2 Å². The Balaban J connectivity index is 2.56. The van der Waals surface area contributed by atoms with Crippen LogP contribution in [0.4, 0.5) is 0 Å². The van der Waals surface area contributed by atoms with E-state index in [0.29, 0.717) is 13.0 Å². The number of likely N-dealkylation sites (tertiary alicyclic amines) is 1. The normalized spacial score (nSPS) is 23.1. The fourth-order valence-corrected chi connectivity index (χ4v) is 1.51. The second kappa shape index (κ2) is 4.95. The van der Waals surface area contributed by atoms with Crippen LogP contribution in [0.15, 0.2) is 0 Å². The number of carbonyl (C=O) groups excluding carboxylic acids is 2. The zero-order valence-corrected chi connectivity index (χ0v) is 8.36. The monoisotopic (exact) mass is 200 g/mol. The molecule has 5 heteroatoms. The molecular weight excluding hydrogens is 184 g/mol. The third-order valence-corrected chi connectivity index (χ3v) is 2.37. The van der Waals surface area contributed by atoms with Gasteiger partial charge in [-0.1, -0.05) is 0 Å². The van der Waals surface area contributed by atoms with Crippen molar-refractivity contribution in [3.63, 3.8) is 0 Å². The number of nitrogens with zero attached hydrogens (tertiary/aromatic N) is 1. The molecule has 1 atom stereocenters. The molecule has 1 aliphatic rings. The van der Waals surface area contributed by atoms with Crippen molar-refractivity contribution in [2.75, 3.05) is 20.2 Å². The number of esters is 1. The summed E-state index contributed by atoms with van der Waals surface area (Å²) in [5.74, 6) is -0.541. The Morgan fingerprint density at radius 1 is 1.64 bits per heavy atom. The Bertz CT molecular complexity index is 230. The molecule has 80 valence electrons. The van der Waals surface area contributed by atoms with Gasteiger partial charge in [-0.05, 0) is 19.3 Å². The van der Waals surface area contributed by atoms with Gasteiger partial charge in [0.15, 0.2) is 0 Å². The summed E-state index contributed by atoms with van der Waals surface area (Å²) in [5.41, 5.74) is 5.64. The molecule has 0 aromatic rings. The van der Waals surface area contributed by atoms with Crippen molar-refractivity contribution in [3.05, 3.63) is 0 Å². The van der Waals surface area contributed by atoms with Crippen LogP contribution < -0.4 is 5.73 Å². The van der Waals surface area contributed by atoms with Crippen LogP contribution in [0.2, 0.25) is 0 Å². The van der Waals surface area contributed by atoms with Crippen LogP contribution in [0.25, 0.3) is 0 Å². The second-order valence-electron chi connectivity index (χ2n) is 3.44. The second-order valence-corrected chi connectivity index (χ2v) is 3.44. The molecule has 0 aromatic heterocycles. The van der Waals surface area contributed by atoms with Gasteiger partial charge in [-0.25, -0.2) is 0 Å². The van der Waals surface area contributed by atoms with Crippen molar-refractivity contribution in [1.82, 2.24) is 4.90 Å². The number of amides is 1. The fraction of sp³-hybridized carbons (Fsp3) is 0.778. The Hall–Kier alpha value is -1.10. The molecule has 0 radical (unpaired) electrons. The Morgan fingerprint density at radius 3 is 3.00 bits per heavy atom. The van der Waals surface area contributed by atoms with Crippen molar-refractivity contribution in [2.45, 2.75) is 25.3 Å². The number of ether oxygens (including phenoxy) is 1. The summed E-state index contributed by atoms with van der Waals surface area (Å²) in [7, 11) is 1.31. The van der Waals surface area contributed by atoms with Crippen molar-refractivity contribution in [1.29, 1.82) is 0 Å². The average molecular weight is 200 g/mol. The fourth-order valence-electron chi connectivity index (χ4n) is 1.51. The Morgan fingerprint density at radius 2 is 2.36 bits per heavy atom. The Labute approximate surface area is 83.2 Å². The van der Waals surface area contributed by atoms with Gasteiger partial charge in [0.1, 0.15) is 6.54 Å². The van der Waals surface area contributed by atoms with Crippen molar-refractivity contribution in [2.24, 2.45) is 5.73 Å². The van der Waals surface area contributed by atoms with Gasteiger partial charge >= 0.3 is 5.97 Å². The molecule has 2 N–H and O–H groups in total. The summed E-state index contributed by atoms with van der Waals surface area (Å²) in [4.78, 5) is 24.1. The molecule has 0 aromatic carbocycles. The highest BCUT2D eigenvalue weighted by molar-refractivity contribution is 5.85. The van der Waals surface area contributed by atoms with E-state index in [4.69, 9.17) is 5.73 Å². The highest BCUT2D eigenvalue weighted by Crippen LogP contribution is 2.10. The maximum Gasteiger partial charge on any atom is 0.325 e. The molecule has 1 fully saturated rings. The number of hydrogen-bond acceptors (Lipinski definition) is 4. The zero-order valence-electron chi connectivity index (χ0n) is 8.36. The third-order valence-electron chi connectivity index (χ3n) is 2.37. The first kappa shape index (κ1) is 11.0. The van der Waals surface area contributed by atoms with E-state index in [1.54, 1.807) is 0 Å². The minimum atomic E-state index is -0.456.